The molecule has 0 heterocycles. The maximum absolute atomic E-state index is 11.2. The van der Waals surface area contributed by atoms with Gasteiger partial charge in [0.25, 0.3) is 0 Å². The summed E-state index contributed by atoms with van der Waals surface area (Å²) in [6, 6.07) is -0.427. The molecule has 0 aliphatic carbocycles. The van der Waals surface area contributed by atoms with E-state index < -0.39 is 24.5 Å². The molecule has 3 amide bonds. The zero-order valence-corrected chi connectivity index (χ0v) is 10.8. The van der Waals surface area contributed by atoms with Gasteiger partial charge in [-0.3, -0.25) is 9.59 Å². The van der Waals surface area contributed by atoms with Gasteiger partial charge in [-0.05, 0) is 18.8 Å². The quantitative estimate of drug-likeness (QED) is 0.457. The van der Waals surface area contributed by atoms with Crippen molar-refractivity contribution in [3.05, 3.63) is 0 Å². The number of amides is 3. The Kier molecular flexibility index (Phi) is 8.34. The highest BCUT2D eigenvalue weighted by atomic mass is 16.4. The van der Waals surface area contributed by atoms with E-state index in [9.17, 15) is 14.4 Å². The molecule has 4 N–H and O–H groups in total. The van der Waals surface area contributed by atoms with Crippen LogP contribution < -0.4 is 16.0 Å². The van der Waals surface area contributed by atoms with Gasteiger partial charge in [0.1, 0.15) is 6.54 Å². The van der Waals surface area contributed by atoms with Crippen molar-refractivity contribution in [1.29, 1.82) is 0 Å². The van der Waals surface area contributed by atoms with Crippen molar-refractivity contribution in [2.75, 3.05) is 19.6 Å². The molecule has 0 aliphatic rings. The molecule has 0 unspecified atom stereocenters. The number of carboxylic acids is 1. The summed E-state index contributed by atoms with van der Waals surface area (Å²) in [5.41, 5.74) is 0. The van der Waals surface area contributed by atoms with Crippen molar-refractivity contribution >= 4 is 17.9 Å². The van der Waals surface area contributed by atoms with E-state index in [4.69, 9.17) is 5.11 Å². The average molecular weight is 259 g/mol. The van der Waals surface area contributed by atoms with Crippen LogP contribution in [0.2, 0.25) is 0 Å². The Labute approximate surface area is 106 Å². The fourth-order valence-corrected chi connectivity index (χ4v) is 1.17. The van der Waals surface area contributed by atoms with Crippen LogP contribution in [0.5, 0.6) is 0 Å². The molecule has 0 radical (unpaired) electrons. The molecule has 0 spiro atoms. The van der Waals surface area contributed by atoms with Crippen LogP contribution in [0.4, 0.5) is 4.79 Å². The van der Waals surface area contributed by atoms with E-state index in [2.05, 4.69) is 29.8 Å². The zero-order valence-electron chi connectivity index (χ0n) is 10.8. The van der Waals surface area contributed by atoms with Crippen LogP contribution in [-0.4, -0.2) is 42.6 Å². The fraction of sp³-hybridized carbons (Fsp3) is 0.727. The first-order chi connectivity index (χ1) is 8.41. The van der Waals surface area contributed by atoms with E-state index in [1.165, 1.54) is 0 Å². The van der Waals surface area contributed by atoms with Gasteiger partial charge in [-0.25, -0.2) is 4.79 Å². The summed E-state index contributed by atoms with van der Waals surface area (Å²) < 4.78 is 0. The number of nitrogens with one attached hydrogen (secondary N) is 3. The lowest BCUT2D eigenvalue weighted by Gasteiger charge is -2.08. The molecule has 0 fully saturated rings. The van der Waals surface area contributed by atoms with Crippen molar-refractivity contribution in [2.24, 2.45) is 5.92 Å². The van der Waals surface area contributed by atoms with E-state index in [1.807, 2.05) is 0 Å². The predicted molar refractivity (Wildman–Crippen MR) is 66.1 cm³/mol. The molecule has 0 aliphatic heterocycles. The van der Waals surface area contributed by atoms with Crippen molar-refractivity contribution < 1.29 is 19.5 Å². The predicted octanol–water partition coefficient (Wildman–Crippen LogP) is -0.0774. The highest BCUT2D eigenvalue weighted by molar-refractivity contribution is 5.86. The van der Waals surface area contributed by atoms with E-state index in [0.29, 0.717) is 12.5 Å². The minimum Gasteiger partial charge on any atom is -0.480 e. The number of hydrogen-bond donors (Lipinski definition) is 4. The molecule has 7 nitrogen and oxygen atoms in total. The number of rotatable bonds is 8. The third-order valence-corrected chi connectivity index (χ3v) is 2.09. The van der Waals surface area contributed by atoms with Gasteiger partial charge in [-0.15, -0.1) is 0 Å². The van der Waals surface area contributed by atoms with Crippen molar-refractivity contribution in [3.63, 3.8) is 0 Å². The summed E-state index contributed by atoms with van der Waals surface area (Å²) in [7, 11) is 0. The Bertz CT molecular complexity index is 292. The highest BCUT2D eigenvalue weighted by Gasteiger charge is 2.06. The fourth-order valence-electron chi connectivity index (χ4n) is 1.17. The van der Waals surface area contributed by atoms with Crippen LogP contribution in [0.15, 0.2) is 0 Å². The first-order valence-corrected chi connectivity index (χ1v) is 5.92. The van der Waals surface area contributed by atoms with Gasteiger partial charge in [-0.1, -0.05) is 13.8 Å². The molecule has 104 valence electrons. The Balaban J connectivity index is 3.52. The lowest BCUT2D eigenvalue weighted by Crippen LogP contribution is -2.43. The summed E-state index contributed by atoms with van der Waals surface area (Å²) >= 11 is 0. The van der Waals surface area contributed by atoms with Gasteiger partial charge in [-0.2, -0.15) is 0 Å². The van der Waals surface area contributed by atoms with E-state index >= 15 is 0 Å². The molecule has 7 heteroatoms. The Morgan fingerprint density at radius 2 is 1.72 bits per heavy atom. The molecule has 0 aromatic carbocycles. The molecular weight excluding hydrogens is 238 g/mol. The molecule has 18 heavy (non-hydrogen) atoms. The molecular formula is C11H21N3O4. The normalized spacial score (nSPS) is 9.94. The van der Waals surface area contributed by atoms with Crippen molar-refractivity contribution in [3.8, 4) is 0 Å². The van der Waals surface area contributed by atoms with Gasteiger partial charge in [0.05, 0.1) is 6.54 Å². The molecule has 0 saturated carbocycles. The number of aliphatic carboxylic acids is 1. The zero-order chi connectivity index (χ0) is 14.0. The van der Waals surface area contributed by atoms with Crippen LogP contribution in [-0.2, 0) is 9.59 Å². The van der Waals surface area contributed by atoms with Gasteiger partial charge in [0.15, 0.2) is 0 Å². The molecule has 0 aromatic rings. The summed E-state index contributed by atoms with van der Waals surface area (Å²) in [6.07, 6.45) is 1.91. The van der Waals surface area contributed by atoms with Crippen molar-refractivity contribution in [1.82, 2.24) is 16.0 Å². The van der Waals surface area contributed by atoms with Gasteiger partial charge in [0.2, 0.25) is 5.91 Å². The van der Waals surface area contributed by atoms with Crippen LogP contribution in [0.25, 0.3) is 0 Å². The van der Waals surface area contributed by atoms with Gasteiger partial charge < -0.3 is 21.1 Å². The second kappa shape index (κ2) is 9.26. The minimum atomic E-state index is -1.12. The number of carbonyl (C=O) groups is 3. The monoisotopic (exact) mass is 259 g/mol. The largest absolute Gasteiger partial charge is 0.480 e. The molecule has 0 atom stereocenters. The standard InChI is InChI=1S/C11H21N3O4/c1-8(2)4-3-5-12-11(18)14-6-9(15)13-7-10(16)17/h8H,3-7H2,1-2H3,(H,13,15)(H,16,17)(H2,12,14,18). The maximum Gasteiger partial charge on any atom is 0.322 e. The van der Waals surface area contributed by atoms with Crippen LogP contribution >= 0.6 is 0 Å². The summed E-state index contributed by atoms with van der Waals surface area (Å²) in [5, 5.41) is 15.4. The van der Waals surface area contributed by atoms with E-state index in [-0.39, 0.29) is 6.54 Å². The summed E-state index contributed by atoms with van der Waals surface area (Å²) in [5.74, 6) is -1.06. The first-order valence-electron chi connectivity index (χ1n) is 5.92. The first kappa shape index (κ1) is 16.2. The summed E-state index contributed by atoms with van der Waals surface area (Å²) in [6.45, 7) is 4.08. The minimum absolute atomic E-state index is 0.233. The molecule has 0 aromatic heterocycles. The lowest BCUT2D eigenvalue weighted by atomic mass is 10.1. The Morgan fingerprint density at radius 1 is 1.06 bits per heavy atom. The maximum atomic E-state index is 11.2. The number of hydrogen-bond acceptors (Lipinski definition) is 3. The third kappa shape index (κ3) is 10.7. The van der Waals surface area contributed by atoms with Gasteiger partial charge >= 0.3 is 12.0 Å². The smallest absolute Gasteiger partial charge is 0.322 e. The third-order valence-electron chi connectivity index (χ3n) is 2.09. The second-order valence-electron chi connectivity index (χ2n) is 4.32. The molecule has 0 saturated heterocycles. The number of carbonyl (C=O) groups excluding carboxylic acids is 2. The number of urea groups is 1. The summed E-state index contributed by atoms with van der Waals surface area (Å²) in [4.78, 5) is 32.4. The Morgan fingerprint density at radius 3 is 2.28 bits per heavy atom. The SMILES string of the molecule is CC(C)CCCNC(=O)NCC(=O)NCC(=O)O. The molecule has 0 rings (SSSR count). The van der Waals surface area contributed by atoms with E-state index in [0.717, 1.165) is 12.8 Å². The van der Waals surface area contributed by atoms with Crippen LogP contribution in [0.1, 0.15) is 26.7 Å². The average Bonchev–Trinajstić information content (AvgIpc) is 2.29. The number of carboxylic acid groups (broad SMARTS) is 1. The van der Waals surface area contributed by atoms with Gasteiger partial charge in [0, 0.05) is 6.54 Å². The topological polar surface area (TPSA) is 108 Å². The van der Waals surface area contributed by atoms with Crippen LogP contribution in [0, 0.1) is 5.92 Å². The van der Waals surface area contributed by atoms with Crippen LogP contribution in [0.3, 0.4) is 0 Å². The second-order valence-corrected chi connectivity index (χ2v) is 4.32. The Hall–Kier alpha value is -1.79. The molecule has 0 bridgehead atoms. The highest BCUT2D eigenvalue weighted by Crippen LogP contribution is 2.01. The van der Waals surface area contributed by atoms with Crippen molar-refractivity contribution in [2.45, 2.75) is 26.7 Å². The van der Waals surface area contributed by atoms with E-state index in [1.54, 1.807) is 0 Å². The lowest BCUT2D eigenvalue weighted by molar-refractivity contribution is -0.137.